The summed E-state index contributed by atoms with van der Waals surface area (Å²) in [6.45, 7) is 11.2. The summed E-state index contributed by atoms with van der Waals surface area (Å²) in [7, 11) is 0. The van der Waals surface area contributed by atoms with Gasteiger partial charge in [0.15, 0.2) is 0 Å². The van der Waals surface area contributed by atoms with Crippen molar-refractivity contribution in [1.82, 2.24) is 3.26 Å². The first-order chi connectivity index (χ1) is 15.9. The van der Waals surface area contributed by atoms with E-state index in [-0.39, 0.29) is 30.7 Å². The number of aryl methyl sites for hydroxylation is 1. The van der Waals surface area contributed by atoms with Gasteiger partial charge in [0.05, 0.1) is 0 Å². The van der Waals surface area contributed by atoms with Crippen molar-refractivity contribution >= 4 is 22.2 Å². The molecule has 3 aromatic carbocycles. The van der Waals surface area contributed by atoms with Crippen LogP contribution in [-0.2, 0) is 21.2 Å². The maximum absolute atomic E-state index is 13.6. The molecule has 0 saturated heterocycles. The Kier molecular flexibility index (Phi) is 11.0. The number of hydrogen-bond donors (Lipinski definition) is 1. The van der Waals surface area contributed by atoms with E-state index in [0.29, 0.717) is 5.92 Å². The summed E-state index contributed by atoms with van der Waals surface area (Å²) in [5, 5.41) is 2.86. The van der Waals surface area contributed by atoms with Crippen molar-refractivity contribution in [2.45, 2.75) is 34.6 Å². The molecule has 0 radical (unpaired) electrons. The van der Waals surface area contributed by atoms with Crippen molar-refractivity contribution in [3.05, 3.63) is 116 Å². The largest absolute Gasteiger partial charge is 1.00 e. The molecule has 1 N–H and O–H groups in total. The number of halogens is 2. The van der Waals surface area contributed by atoms with Gasteiger partial charge < -0.3 is 24.8 Å². The zero-order valence-electron chi connectivity index (χ0n) is 20.9. The molecule has 3 aromatic rings. The maximum Gasteiger partial charge on any atom is -1.00 e. The van der Waals surface area contributed by atoms with E-state index >= 15 is 0 Å². The molecule has 1 unspecified atom stereocenters. The summed E-state index contributed by atoms with van der Waals surface area (Å²) in [6, 6.07) is 29.9. The number of benzene rings is 3. The topological polar surface area (TPSA) is 29.1 Å². The predicted octanol–water partition coefficient (Wildman–Crippen LogP) is -0.936. The Balaban J connectivity index is 0.00000216. The van der Waals surface area contributed by atoms with Crippen LogP contribution in [0.25, 0.3) is 0 Å². The Morgan fingerprint density at radius 2 is 1.31 bits per heavy atom. The van der Waals surface area contributed by atoms with Gasteiger partial charge in [0.1, 0.15) is 0 Å². The van der Waals surface area contributed by atoms with Gasteiger partial charge in [-0.2, -0.15) is 0 Å². The van der Waals surface area contributed by atoms with Crippen LogP contribution in [0, 0.1) is 12.8 Å². The summed E-state index contributed by atoms with van der Waals surface area (Å²) < 4.78 is 5.30. The van der Waals surface area contributed by atoms with Crippen LogP contribution in [0.1, 0.15) is 43.6 Å². The van der Waals surface area contributed by atoms with E-state index in [1.807, 2.05) is 31.2 Å². The molecule has 0 aromatic heterocycles. The quantitative estimate of drug-likeness (QED) is 0.364. The number of hydrogen-bond acceptors (Lipinski definition) is 1. The molecule has 2 nitrogen and oxygen atoms in total. The molecule has 0 spiro atoms. The van der Waals surface area contributed by atoms with Gasteiger partial charge in [-0.25, -0.2) is 0 Å². The van der Waals surface area contributed by atoms with Gasteiger partial charge in [0.25, 0.3) is 0 Å². The van der Waals surface area contributed by atoms with Gasteiger partial charge in [-0.05, 0) is 0 Å². The summed E-state index contributed by atoms with van der Waals surface area (Å²) in [4.78, 5) is 13.6. The fraction of sp³-hybridized carbons (Fsp3) is 0.207. The van der Waals surface area contributed by atoms with Crippen molar-refractivity contribution in [2.75, 3.05) is 0 Å². The third kappa shape index (κ3) is 6.35. The van der Waals surface area contributed by atoms with Crippen LogP contribution >= 0.6 is 0 Å². The molecular formula is C29H32Cl2NOSiZr. The Bertz CT molecular complexity index is 1190. The predicted molar refractivity (Wildman–Crippen MR) is 138 cm³/mol. The van der Waals surface area contributed by atoms with Crippen LogP contribution in [0.2, 0.25) is 0 Å². The Morgan fingerprint density at radius 3 is 1.77 bits per heavy atom. The van der Waals surface area contributed by atoms with E-state index in [4.69, 9.17) is 0 Å². The molecule has 1 aliphatic carbocycles. The first-order valence-electron chi connectivity index (χ1n) is 11.6. The monoisotopic (exact) mass is 598 g/mol. The second-order valence-electron chi connectivity index (χ2n) is 9.06. The van der Waals surface area contributed by atoms with E-state index < -0.39 is 27.1 Å². The second kappa shape index (κ2) is 13.0. The molecule has 6 heteroatoms. The van der Waals surface area contributed by atoms with E-state index in [0.717, 1.165) is 11.1 Å². The fourth-order valence-electron chi connectivity index (χ4n) is 4.89. The number of allylic oxidation sites excluding steroid dienone is 4. The molecule has 1 aliphatic rings. The average Bonchev–Trinajstić information content (AvgIpc) is 3.02. The van der Waals surface area contributed by atoms with Gasteiger partial charge in [-0.1, -0.05) is 0 Å². The molecular weight excluding hydrogens is 569 g/mol. The molecule has 0 bridgehead atoms. The summed E-state index contributed by atoms with van der Waals surface area (Å²) in [5.41, 5.74) is 6.18. The maximum atomic E-state index is 13.6. The van der Waals surface area contributed by atoms with Crippen LogP contribution in [0.4, 0.5) is 0 Å². The van der Waals surface area contributed by atoms with Crippen molar-refractivity contribution in [3.63, 3.8) is 0 Å². The minimum Gasteiger partial charge on any atom is -1.00 e. The Morgan fingerprint density at radius 1 is 0.771 bits per heavy atom. The third-order valence-electron chi connectivity index (χ3n) is 7.01. The van der Waals surface area contributed by atoms with E-state index in [2.05, 4.69) is 91.6 Å². The molecule has 4 rings (SSSR count). The van der Waals surface area contributed by atoms with E-state index in [1.165, 1.54) is 27.1 Å². The summed E-state index contributed by atoms with van der Waals surface area (Å²) in [5.74, 6) is -1.17. The zero-order chi connectivity index (χ0) is 23.5. The molecule has 0 fully saturated rings. The minimum atomic E-state index is -2.70. The summed E-state index contributed by atoms with van der Waals surface area (Å²) in [6.07, 6.45) is 0. The van der Waals surface area contributed by atoms with Crippen LogP contribution in [0.3, 0.4) is 0 Å². The number of carbonyl (C=O) groups is 1. The third-order valence-corrected chi connectivity index (χ3v) is 26.2. The fourth-order valence-corrected chi connectivity index (χ4v) is 26.7. The molecule has 0 heterocycles. The molecule has 0 saturated carbocycles. The SMILES string of the molecule is CC1=C(C)C(C)[C]([Zr+2]([NH]C(=O)c2cccc(C)c2)[SiH](c2ccccc2)c2ccccc2)=C1C.[Cl-].[Cl-]. The standard InChI is InChI=1S/C12H11Si.C9H13.C8H9NO.2ClH.Zr/c1-3-7-11(8-4-1)13-12-9-5-2-6-10-12;1-6-5-7(2)9(4)8(6)3;1-6-3-2-4-7(5-6)8(9)10;;;/h1-10,13H;6H,1-4H3;2-5H,1H3,(H2,9,10);2*1H;/q;;;;;+3/p-3. The molecule has 1 atom stereocenters. The van der Waals surface area contributed by atoms with E-state index in [1.54, 1.807) is 3.28 Å². The first-order valence-corrected chi connectivity index (χ1v) is 20.1. The number of amides is 1. The van der Waals surface area contributed by atoms with Crippen molar-refractivity contribution in [3.8, 4) is 0 Å². The normalized spacial score (nSPS) is 15.0. The number of rotatable bonds is 6. The van der Waals surface area contributed by atoms with Crippen LogP contribution in [-0.4, -0.2) is 11.8 Å². The molecule has 1 amide bonds. The zero-order valence-corrected chi connectivity index (χ0v) is 26.0. The van der Waals surface area contributed by atoms with Crippen molar-refractivity contribution in [1.29, 1.82) is 0 Å². The van der Waals surface area contributed by atoms with Gasteiger partial charge in [-0.3, -0.25) is 0 Å². The average molecular weight is 601 g/mol. The summed E-state index contributed by atoms with van der Waals surface area (Å²) >= 11 is -2.70. The first kappa shape index (κ1) is 29.5. The van der Waals surface area contributed by atoms with Crippen LogP contribution < -0.4 is 38.4 Å². The van der Waals surface area contributed by atoms with Gasteiger partial charge in [-0.15, -0.1) is 0 Å². The second-order valence-corrected chi connectivity index (χ2v) is 22.9. The van der Waals surface area contributed by atoms with Crippen LogP contribution in [0.5, 0.6) is 0 Å². The van der Waals surface area contributed by atoms with Crippen LogP contribution in [0.15, 0.2) is 105 Å². The van der Waals surface area contributed by atoms with E-state index in [9.17, 15) is 4.79 Å². The number of carbonyl (C=O) groups excluding carboxylic acids is 1. The Labute approximate surface area is 231 Å². The molecule has 35 heavy (non-hydrogen) atoms. The minimum absolute atomic E-state index is 0. The molecule has 181 valence electrons. The van der Waals surface area contributed by atoms with Crippen molar-refractivity contribution < 1.29 is 50.8 Å². The smallest absolute Gasteiger partial charge is 1.00 e. The van der Waals surface area contributed by atoms with Crippen molar-refractivity contribution in [2.24, 2.45) is 5.92 Å². The Hall–Kier alpha value is -1.71. The van der Waals surface area contributed by atoms with Gasteiger partial charge in [0, 0.05) is 0 Å². The molecule has 0 aliphatic heterocycles. The van der Waals surface area contributed by atoms with Gasteiger partial charge >= 0.3 is 208 Å². The van der Waals surface area contributed by atoms with Gasteiger partial charge in [0.2, 0.25) is 0 Å². The number of nitrogens with one attached hydrogen (secondary N) is 1.